The highest BCUT2D eigenvalue weighted by molar-refractivity contribution is 5.96. The Morgan fingerprint density at radius 1 is 0.969 bits per heavy atom. The number of piperazine rings is 1. The van der Waals surface area contributed by atoms with Crippen molar-refractivity contribution in [3.63, 3.8) is 0 Å². The summed E-state index contributed by atoms with van der Waals surface area (Å²) in [7, 11) is 0. The molecule has 0 radical (unpaired) electrons. The molecule has 2 aromatic carbocycles. The van der Waals surface area contributed by atoms with Crippen molar-refractivity contribution < 1.29 is 19.1 Å². The highest BCUT2D eigenvalue weighted by Gasteiger charge is 2.27. The highest BCUT2D eigenvalue weighted by atomic mass is 16.5. The molecule has 0 aromatic heterocycles. The number of rotatable bonds is 7. The Morgan fingerprint density at radius 3 is 2.31 bits per heavy atom. The van der Waals surface area contributed by atoms with Crippen molar-refractivity contribution in [3.05, 3.63) is 70.8 Å². The number of carbonyl (C=O) groups excluding carboxylic acids is 3. The first-order valence-corrected chi connectivity index (χ1v) is 10.9. The minimum absolute atomic E-state index is 0.210. The van der Waals surface area contributed by atoms with Gasteiger partial charge in [-0.25, -0.2) is 0 Å². The maximum absolute atomic E-state index is 12.7. The van der Waals surface area contributed by atoms with Gasteiger partial charge in [0.1, 0.15) is 6.54 Å². The molecule has 2 amide bonds. The van der Waals surface area contributed by atoms with Gasteiger partial charge in [0.15, 0.2) is 6.10 Å². The van der Waals surface area contributed by atoms with E-state index in [9.17, 15) is 14.4 Å². The maximum Gasteiger partial charge on any atom is 0.326 e. The predicted octanol–water partition coefficient (Wildman–Crippen LogP) is 2.31. The molecule has 1 atom stereocenters. The Labute approximate surface area is 189 Å². The number of aryl methyl sites for hydroxylation is 2. The molecule has 2 aromatic rings. The lowest BCUT2D eigenvalue weighted by atomic mass is 10.1. The molecule has 1 fully saturated rings. The SMILES string of the molecule is Cc1ccc(C(=O)NCC(=O)OC(C)C(=O)N2CCN(Cc3ccccc3)CC2)cc1C. The van der Waals surface area contributed by atoms with Gasteiger partial charge < -0.3 is 15.0 Å². The topological polar surface area (TPSA) is 78.9 Å². The van der Waals surface area contributed by atoms with E-state index in [2.05, 4.69) is 22.3 Å². The normalized spacial score (nSPS) is 15.2. The summed E-state index contributed by atoms with van der Waals surface area (Å²) in [5.41, 5.74) is 3.83. The van der Waals surface area contributed by atoms with Crippen LogP contribution in [0.15, 0.2) is 48.5 Å². The summed E-state index contributed by atoms with van der Waals surface area (Å²) in [6.07, 6.45) is -0.887. The molecule has 1 aliphatic heterocycles. The second-order valence-electron chi connectivity index (χ2n) is 8.20. The lowest BCUT2D eigenvalue weighted by Gasteiger charge is -2.35. The molecule has 3 rings (SSSR count). The number of ether oxygens (including phenoxy) is 1. The first-order chi connectivity index (χ1) is 15.3. The van der Waals surface area contributed by atoms with E-state index in [1.165, 1.54) is 5.56 Å². The van der Waals surface area contributed by atoms with Gasteiger partial charge in [-0.05, 0) is 49.6 Å². The third-order valence-corrected chi connectivity index (χ3v) is 5.75. The smallest absolute Gasteiger partial charge is 0.326 e. The van der Waals surface area contributed by atoms with Crippen molar-refractivity contribution in [1.29, 1.82) is 0 Å². The Balaban J connectivity index is 1.40. The molecule has 7 heteroatoms. The molecule has 170 valence electrons. The van der Waals surface area contributed by atoms with Gasteiger partial charge in [-0.15, -0.1) is 0 Å². The number of nitrogens with one attached hydrogen (secondary N) is 1. The Bertz CT molecular complexity index is 953. The molecule has 0 aliphatic carbocycles. The fraction of sp³-hybridized carbons (Fsp3) is 0.400. The van der Waals surface area contributed by atoms with Crippen LogP contribution >= 0.6 is 0 Å². The minimum atomic E-state index is -0.887. The monoisotopic (exact) mass is 437 g/mol. The lowest BCUT2D eigenvalue weighted by molar-refractivity contribution is -0.159. The van der Waals surface area contributed by atoms with E-state index in [1.54, 1.807) is 24.0 Å². The van der Waals surface area contributed by atoms with Crippen LogP contribution < -0.4 is 5.32 Å². The quantitative estimate of drug-likeness (QED) is 0.673. The summed E-state index contributed by atoms with van der Waals surface area (Å²) in [4.78, 5) is 41.1. The summed E-state index contributed by atoms with van der Waals surface area (Å²) in [5, 5.41) is 2.55. The van der Waals surface area contributed by atoms with E-state index in [-0.39, 0.29) is 18.4 Å². The number of hydrogen-bond donors (Lipinski definition) is 1. The molecule has 0 saturated carbocycles. The van der Waals surface area contributed by atoms with Crippen LogP contribution in [-0.2, 0) is 20.9 Å². The highest BCUT2D eigenvalue weighted by Crippen LogP contribution is 2.11. The van der Waals surface area contributed by atoms with E-state index < -0.39 is 12.1 Å². The van der Waals surface area contributed by atoms with E-state index in [1.807, 2.05) is 38.1 Å². The molecule has 1 aliphatic rings. The maximum atomic E-state index is 12.7. The van der Waals surface area contributed by atoms with E-state index >= 15 is 0 Å². The van der Waals surface area contributed by atoms with Crippen LogP contribution in [0, 0.1) is 13.8 Å². The lowest BCUT2D eigenvalue weighted by Crippen LogP contribution is -2.51. The predicted molar refractivity (Wildman–Crippen MR) is 122 cm³/mol. The van der Waals surface area contributed by atoms with Crippen LogP contribution in [0.2, 0.25) is 0 Å². The van der Waals surface area contributed by atoms with Gasteiger partial charge >= 0.3 is 5.97 Å². The first kappa shape index (κ1) is 23.5. The minimum Gasteiger partial charge on any atom is -0.451 e. The third kappa shape index (κ3) is 6.40. The summed E-state index contributed by atoms with van der Waals surface area (Å²) in [6, 6.07) is 15.6. The summed E-state index contributed by atoms with van der Waals surface area (Å²) < 4.78 is 5.26. The average Bonchev–Trinajstić information content (AvgIpc) is 2.80. The molecular formula is C25H31N3O4. The number of hydrogen-bond acceptors (Lipinski definition) is 5. The largest absolute Gasteiger partial charge is 0.451 e. The molecule has 1 N–H and O–H groups in total. The van der Waals surface area contributed by atoms with Crippen molar-refractivity contribution in [3.8, 4) is 0 Å². The summed E-state index contributed by atoms with van der Waals surface area (Å²) in [5.74, 6) is -1.19. The molecule has 7 nitrogen and oxygen atoms in total. The van der Waals surface area contributed by atoms with Crippen LogP contribution in [-0.4, -0.2) is 66.4 Å². The number of nitrogens with zero attached hydrogens (tertiary/aromatic N) is 2. The average molecular weight is 438 g/mol. The van der Waals surface area contributed by atoms with Crippen LogP contribution in [0.3, 0.4) is 0 Å². The van der Waals surface area contributed by atoms with Gasteiger partial charge in [0.2, 0.25) is 0 Å². The van der Waals surface area contributed by atoms with Gasteiger partial charge in [-0.2, -0.15) is 0 Å². The zero-order valence-electron chi connectivity index (χ0n) is 19.0. The standard InChI is InChI=1S/C25H31N3O4/c1-18-9-10-22(15-19(18)2)24(30)26-16-23(29)32-20(3)25(31)28-13-11-27(12-14-28)17-21-7-5-4-6-8-21/h4-10,15,20H,11-14,16-17H2,1-3H3,(H,26,30). The molecule has 1 saturated heterocycles. The zero-order chi connectivity index (χ0) is 23.1. The van der Waals surface area contributed by atoms with Crippen molar-refractivity contribution in [1.82, 2.24) is 15.1 Å². The van der Waals surface area contributed by atoms with Gasteiger partial charge in [0.25, 0.3) is 11.8 Å². The first-order valence-electron chi connectivity index (χ1n) is 10.9. The second kappa shape index (κ2) is 10.9. The molecule has 1 heterocycles. The summed E-state index contributed by atoms with van der Waals surface area (Å²) >= 11 is 0. The van der Waals surface area contributed by atoms with Gasteiger partial charge in [0, 0.05) is 38.3 Å². The van der Waals surface area contributed by atoms with Crippen molar-refractivity contribution >= 4 is 17.8 Å². The van der Waals surface area contributed by atoms with Crippen LogP contribution in [0.25, 0.3) is 0 Å². The molecule has 0 spiro atoms. The molecule has 32 heavy (non-hydrogen) atoms. The second-order valence-corrected chi connectivity index (χ2v) is 8.20. The van der Waals surface area contributed by atoms with Crippen molar-refractivity contribution in [2.24, 2.45) is 0 Å². The fourth-order valence-corrected chi connectivity index (χ4v) is 3.65. The van der Waals surface area contributed by atoms with Crippen LogP contribution in [0.5, 0.6) is 0 Å². The van der Waals surface area contributed by atoms with Crippen LogP contribution in [0.1, 0.15) is 34.0 Å². The van der Waals surface area contributed by atoms with E-state index in [0.29, 0.717) is 18.7 Å². The number of esters is 1. The zero-order valence-corrected chi connectivity index (χ0v) is 19.0. The van der Waals surface area contributed by atoms with Crippen LogP contribution in [0.4, 0.5) is 0 Å². The fourth-order valence-electron chi connectivity index (χ4n) is 3.65. The van der Waals surface area contributed by atoms with Crippen molar-refractivity contribution in [2.75, 3.05) is 32.7 Å². The number of benzene rings is 2. The van der Waals surface area contributed by atoms with Gasteiger partial charge in [0.05, 0.1) is 0 Å². The summed E-state index contributed by atoms with van der Waals surface area (Å²) in [6.45, 7) is 8.77. The third-order valence-electron chi connectivity index (χ3n) is 5.75. The van der Waals surface area contributed by atoms with Gasteiger partial charge in [-0.3, -0.25) is 19.3 Å². The van der Waals surface area contributed by atoms with E-state index in [4.69, 9.17) is 4.74 Å². The number of amides is 2. The van der Waals surface area contributed by atoms with E-state index in [0.717, 1.165) is 30.8 Å². The van der Waals surface area contributed by atoms with Crippen molar-refractivity contribution in [2.45, 2.75) is 33.4 Å². The Kier molecular flexibility index (Phi) is 8.00. The molecule has 0 bridgehead atoms. The molecular weight excluding hydrogens is 406 g/mol. The molecule has 1 unspecified atom stereocenters. The Hall–Kier alpha value is -3.19. The number of carbonyl (C=O) groups is 3. The van der Waals surface area contributed by atoms with Gasteiger partial charge in [-0.1, -0.05) is 36.4 Å². The Morgan fingerprint density at radius 2 is 1.66 bits per heavy atom.